The topological polar surface area (TPSA) is 53.7 Å². The molecule has 1 aliphatic heterocycles. The molecule has 82 valence electrons. The van der Waals surface area contributed by atoms with Crippen molar-refractivity contribution in [2.45, 2.75) is 20.0 Å². The van der Waals surface area contributed by atoms with Crippen molar-refractivity contribution in [1.82, 2.24) is 0 Å². The van der Waals surface area contributed by atoms with Gasteiger partial charge >= 0.3 is 0 Å². The molecule has 1 aliphatic rings. The van der Waals surface area contributed by atoms with E-state index in [4.69, 9.17) is 19.9 Å². The molecule has 4 heteroatoms. The van der Waals surface area contributed by atoms with Gasteiger partial charge < -0.3 is 19.9 Å². The first-order valence-corrected chi connectivity index (χ1v) is 5.02. The van der Waals surface area contributed by atoms with Crippen molar-refractivity contribution in [3.63, 3.8) is 0 Å². The molecule has 15 heavy (non-hydrogen) atoms. The molecule has 0 unspecified atom stereocenters. The summed E-state index contributed by atoms with van der Waals surface area (Å²) in [5, 5.41) is 0. The number of rotatable bonds is 2. The fraction of sp³-hybridized carbons (Fsp3) is 0.455. The van der Waals surface area contributed by atoms with Crippen LogP contribution in [0.2, 0.25) is 0 Å². The molecule has 1 aromatic rings. The minimum absolute atomic E-state index is 0.0925. The SMILES string of the molecule is CC(C)Oc1cc2c(cc1N)OCCO2. The molecule has 1 heterocycles. The summed E-state index contributed by atoms with van der Waals surface area (Å²) < 4.78 is 16.4. The second-order valence-electron chi connectivity index (χ2n) is 3.70. The van der Waals surface area contributed by atoms with Crippen LogP contribution in [-0.2, 0) is 0 Å². The van der Waals surface area contributed by atoms with Gasteiger partial charge in [-0.25, -0.2) is 0 Å². The maximum absolute atomic E-state index is 5.83. The van der Waals surface area contributed by atoms with Gasteiger partial charge in [-0.3, -0.25) is 0 Å². The van der Waals surface area contributed by atoms with Crippen LogP contribution in [0.1, 0.15) is 13.8 Å². The molecule has 0 fully saturated rings. The molecule has 1 aromatic carbocycles. The largest absolute Gasteiger partial charge is 0.489 e. The number of hydrogen-bond acceptors (Lipinski definition) is 4. The summed E-state index contributed by atoms with van der Waals surface area (Å²) in [5.41, 5.74) is 6.41. The molecule has 0 aliphatic carbocycles. The van der Waals surface area contributed by atoms with Gasteiger partial charge in [0.2, 0.25) is 0 Å². The lowest BCUT2D eigenvalue weighted by molar-refractivity contribution is 0.169. The highest BCUT2D eigenvalue weighted by Crippen LogP contribution is 2.38. The van der Waals surface area contributed by atoms with Gasteiger partial charge in [0.15, 0.2) is 11.5 Å². The van der Waals surface area contributed by atoms with Gasteiger partial charge in [-0.1, -0.05) is 0 Å². The summed E-state index contributed by atoms with van der Waals surface area (Å²) in [5.74, 6) is 2.04. The van der Waals surface area contributed by atoms with E-state index in [0.717, 1.165) is 0 Å². The van der Waals surface area contributed by atoms with Gasteiger partial charge in [0.25, 0.3) is 0 Å². The summed E-state index contributed by atoms with van der Waals surface area (Å²) in [6, 6.07) is 3.52. The first-order valence-electron chi connectivity index (χ1n) is 5.02. The van der Waals surface area contributed by atoms with Crippen LogP contribution < -0.4 is 19.9 Å². The molecular formula is C11H15NO3. The lowest BCUT2D eigenvalue weighted by Gasteiger charge is -2.21. The summed E-state index contributed by atoms with van der Waals surface area (Å²) >= 11 is 0. The third kappa shape index (κ3) is 2.09. The monoisotopic (exact) mass is 209 g/mol. The van der Waals surface area contributed by atoms with Crippen LogP contribution in [0.5, 0.6) is 17.2 Å². The third-order valence-corrected chi connectivity index (χ3v) is 2.04. The summed E-state index contributed by atoms with van der Waals surface area (Å²) in [6.45, 7) is 5.04. The second kappa shape index (κ2) is 3.88. The molecule has 0 amide bonds. The number of anilines is 1. The van der Waals surface area contributed by atoms with Crippen LogP contribution >= 0.6 is 0 Å². The van der Waals surface area contributed by atoms with Gasteiger partial charge in [0.1, 0.15) is 19.0 Å². The van der Waals surface area contributed by atoms with E-state index in [1.54, 1.807) is 12.1 Å². The van der Waals surface area contributed by atoms with Crippen molar-refractivity contribution in [2.24, 2.45) is 0 Å². The van der Waals surface area contributed by atoms with E-state index in [0.29, 0.717) is 36.1 Å². The minimum Gasteiger partial charge on any atom is -0.489 e. The molecule has 2 rings (SSSR count). The molecule has 0 saturated heterocycles. The zero-order chi connectivity index (χ0) is 10.8. The van der Waals surface area contributed by atoms with Gasteiger partial charge in [-0.05, 0) is 13.8 Å². The Morgan fingerprint density at radius 3 is 2.40 bits per heavy atom. The first kappa shape index (κ1) is 9.96. The fourth-order valence-electron chi connectivity index (χ4n) is 1.44. The number of fused-ring (bicyclic) bond motifs is 1. The van der Waals surface area contributed by atoms with Crippen molar-refractivity contribution < 1.29 is 14.2 Å². The highest BCUT2D eigenvalue weighted by molar-refractivity contribution is 5.62. The summed E-state index contributed by atoms with van der Waals surface area (Å²) in [6.07, 6.45) is 0.0925. The molecule has 2 N–H and O–H groups in total. The highest BCUT2D eigenvalue weighted by Gasteiger charge is 2.15. The van der Waals surface area contributed by atoms with Crippen molar-refractivity contribution in [3.8, 4) is 17.2 Å². The van der Waals surface area contributed by atoms with E-state index in [1.165, 1.54) is 0 Å². The van der Waals surface area contributed by atoms with Gasteiger partial charge in [-0.2, -0.15) is 0 Å². The highest BCUT2D eigenvalue weighted by atomic mass is 16.6. The van der Waals surface area contributed by atoms with Crippen LogP contribution in [0, 0.1) is 0 Å². The maximum Gasteiger partial charge on any atom is 0.165 e. The zero-order valence-corrected chi connectivity index (χ0v) is 8.95. The van der Waals surface area contributed by atoms with Gasteiger partial charge in [-0.15, -0.1) is 0 Å². The Morgan fingerprint density at radius 1 is 1.20 bits per heavy atom. The van der Waals surface area contributed by atoms with Crippen molar-refractivity contribution >= 4 is 5.69 Å². The van der Waals surface area contributed by atoms with E-state index in [9.17, 15) is 0 Å². The van der Waals surface area contributed by atoms with Crippen LogP contribution in [0.25, 0.3) is 0 Å². The van der Waals surface area contributed by atoms with Crippen LogP contribution in [0.15, 0.2) is 12.1 Å². The van der Waals surface area contributed by atoms with Crippen molar-refractivity contribution in [1.29, 1.82) is 0 Å². The molecule has 4 nitrogen and oxygen atoms in total. The molecule has 0 bridgehead atoms. The normalized spacial score (nSPS) is 14.1. The smallest absolute Gasteiger partial charge is 0.165 e. The molecule has 0 aromatic heterocycles. The number of ether oxygens (including phenoxy) is 3. The van der Waals surface area contributed by atoms with E-state index >= 15 is 0 Å². The zero-order valence-electron chi connectivity index (χ0n) is 8.95. The van der Waals surface area contributed by atoms with E-state index < -0.39 is 0 Å². The van der Waals surface area contributed by atoms with Crippen LogP contribution in [-0.4, -0.2) is 19.3 Å². The Labute approximate surface area is 88.9 Å². The third-order valence-electron chi connectivity index (χ3n) is 2.04. The Kier molecular flexibility index (Phi) is 2.58. The predicted molar refractivity (Wildman–Crippen MR) is 57.6 cm³/mol. The summed E-state index contributed by atoms with van der Waals surface area (Å²) in [7, 11) is 0. The Hall–Kier alpha value is -1.58. The Bertz CT molecular complexity index is 363. The number of nitrogen functional groups attached to an aromatic ring is 1. The Balaban J connectivity index is 2.32. The minimum atomic E-state index is 0.0925. The average Bonchev–Trinajstić information content (AvgIpc) is 2.18. The maximum atomic E-state index is 5.83. The molecule has 0 radical (unpaired) electrons. The van der Waals surface area contributed by atoms with Crippen LogP contribution in [0.3, 0.4) is 0 Å². The number of nitrogens with two attached hydrogens (primary N) is 1. The lowest BCUT2D eigenvalue weighted by Crippen LogP contribution is -2.16. The van der Waals surface area contributed by atoms with Gasteiger partial charge in [0, 0.05) is 12.1 Å². The molecule has 0 spiro atoms. The van der Waals surface area contributed by atoms with Crippen molar-refractivity contribution in [3.05, 3.63) is 12.1 Å². The Morgan fingerprint density at radius 2 is 1.80 bits per heavy atom. The second-order valence-corrected chi connectivity index (χ2v) is 3.70. The first-order chi connectivity index (χ1) is 7.16. The molecule has 0 atom stereocenters. The predicted octanol–water partition coefficient (Wildman–Crippen LogP) is 1.83. The van der Waals surface area contributed by atoms with E-state index in [2.05, 4.69) is 0 Å². The lowest BCUT2D eigenvalue weighted by atomic mass is 10.2. The average molecular weight is 209 g/mol. The standard InChI is InChI=1S/C11H15NO3/c1-7(2)15-9-6-11-10(5-8(9)12)13-3-4-14-11/h5-7H,3-4,12H2,1-2H3. The quantitative estimate of drug-likeness (QED) is 0.755. The summed E-state index contributed by atoms with van der Waals surface area (Å²) in [4.78, 5) is 0. The van der Waals surface area contributed by atoms with E-state index in [-0.39, 0.29) is 6.10 Å². The van der Waals surface area contributed by atoms with Crippen molar-refractivity contribution in [2.75, 3.05) is 18.9 Å². The number of benzene rings is 1. The van der Waals surface area contributed by atoms with Crippen LogP contribution in [0.4, 0.5) is 5.69 Å². The molecule has 0 saturated carbocycles. The van der Waals surface area contributed by atoms with Gasteiger partial charge in [0.05, 0.1) is 11.8 Å². The fourth-order valence-corrected chi connectivity index (χ4v) is 1.44. The molecular weight excluding hydrogens is 194 g/mol. The van der Waals surface area contributed by atoms with E-state index in [1.807, 2.05) is 13.8 Å². The number of hydrogen-bond donors (Lipinski definition) is 1.